The summed E-state index contributed by atoms with van der Waals surface area (Å²) >= 11 is 0. The molecule has 1 unspecified atom stereocenters. The number of carbonyl (C=O) groups is 2. The van der Waals surface area contributed by atoms with Gasteiger partial charge in [0.2, 0.25) is 11.8 Å². The lowest BCUT2D eigenvalue weighted by Gasteiger charge is -2.54. The van der Waals surface area contributed by atoms with Gasteiger partial charge in [-0.2, -0.15) is 0 Å². The molecule has 0 bridgehead atoms. The van der Waals surface area contributed by atoms with E-state index in [1.54, 1.807) is 14.0 Å². The van der Waals surface area contributed by atoms with Gasteiger partial charge in [0.25, 0.3) is 0 Å². The van der Waals surface area contributed by atoms with Crippen LogP contribution in [0.4, 0.5) is 0 Å². The molecule has 2 heterocycles. The molecule has 6 nitrogen and oxygen atoms in total. The molecule has 1 aliphatic carbocycles. The summed E-state index contributed by atoms with van der Waals surface area (Å²) in [6.07, 6.45) is 5.23. The van der Waals surface area contributed by atoms with Gasteiger partial charge < -0.3 is 19.4 Å². The van der Waals surface area contributed by atoms with Gasteiger partial charge in [-0.1, -0.05) is 31.4 Å². The van der Waals surface area contributed by atoms with Gasteiger partial charge in [0.15, 0.2) is 0 Å². The molecule has 1 aromatic carbocycles. The smallest absolute Gasteiger partial charge is 0.233 e. The Labute approximate surface area is 186 Å². The van der Waals surface area contributed by atoms with Gasteiger partial charge in [0, 0.05) is 45.1 Å². The van der Waals surface area contributed by atoms with Crippen LogP contribution in [0.25, 0.3) is 0 Å². The van der Waals surface area contributed by atoms with Gasteiger partial charge in [0.1, 0.15) is 5.75 Å². The fourth-order valence-electron chi connectivity index (χ4n) is 6.18. The van der Waals surface area contributed by atoms with E-state index in [2.05, 4.69) is 36.0 Å². The second-order valence-corrected chi connectivity index (χ2v) is 10.3. The Morgan fingerprint density at radius 3 is 2.19 bits per heavy atom. The van der Waals surface area contributed by atoms with Crippen LogP contribution in [0.1, 0.15) is 44.6 Å². The SMILES string of the molecule is COc1ccc(C2(C(=O)N3CC4(CN(C(C)=O)CC4CN(C)C)C3)CCCCC2)cc1. The molecule has 1 spiro atoms. The maximum atomic E-state index is 13.9. The molecule has 1 aromatic rings. The molecule has 2 amide bonds. The van der Waals surface area contributed by atoms with Crippen LogP contribution in [0.3, 0.4) is 0 Å². The van der Waals surface area contributed by atoms with Crippen molar-refractivity contribution in [3.63, 3.8) is 0 Å². The Morgan fingerprint density at radius 1 is 1.03 bits per heavy atom. The molecular formula is C25H37N3O3. The molecule has 0 N–H and O–H groups in total. The maximum Gasteiger partial charge on any atom is 0.233 e. The van der Waals surface area contributed by atoms with Crippen molar-refractivity contribution in [2.75, 3.05) is 53.9 Å². The zero-order chi connectivity index (χ0) is 22.2. The summed E-state index contributed by atoms with van der Waals surface area (Å²) < 4.78 is 5.33. The van der Waals surface area contributed by atoms with E-state index in [1.807, 2.05) is 17.0 Å². The normalized spacial score (nSPS) is 24.4. The molecule has 3 fully saturated rings. The first kappa shape index (κ1) is 22.1. The monoisotopic (exact) mass is 427 g/mol. The average molecular weight is 428 g/mol. The molecule has 3 aliphatic rings. The summed E-state index contributed by atoms with van der Waals surface area (Å²) in [6, 6.07) is 8.12. The number of hydrogen-bond donors (Lipinski definition) is 0. The van der Waals surface area contributed by atoms with Gasteiger partial charge in [-0.15, -0.1) is 0 Å². The maximum absolute atomic E-state index is 13.9. The van der Waals surface area contributed by atoms with E-state index < -0.39 is 5.41 Å². The van der Waals surface area contributed by atoms with Crippen LogP contribution < -0.4 is 4.74 Å². The number of nitrogens with zero attached hydrogens (tertiary/aromatic N) is 3. The third-order valence-corrected chi connectivity index (χ3v) is 7.90. The van der Waals surface area contributed by atoms with Crippen molar-refractivity contribution in [1.29, 1.82) is 0 Å². The van der Waals surface area contributed by atoms with Crippen molar-refractivity contribution in [3.8, 4) is 5.75 Å². The van der Waals surface area contributed by atoms with Crippen LogP contribution in [-0.4, -0.2) is 80.4 Å². The Kier molecular flexibility index (Phi) is 6.03. The highest BCUT2D eigenvalue weighted by Gasteiger charge is 2.58. The van der Waals surface area contributed by atoms with Gasteiger partial charge in [-0.3, -0.25) is 9.59 Å². The molecule has 31 heavy (non-hydrogen) atoms. The van der Waals surface area contributed by atoms with Crippen LogP contribution in [0.2, 0.25) is 0 Å². The third kappa shape index (κ3) is 3.95. The topological polar surface area (TPSA) is 53.1 Å². The standard InChI is InChI=1S/C25H37N3O3/c1-19(29)27-15-21(14-26(2)3)24(16-27)17-28(18-24)23(30)25(12-6-5-7-13-25)20-8-10-22(31-4)11-9-20/h8-11,21H,5-7,12-18H2,1-4H3. The number of ether oxygens (including phenoxy) is 1. The Balaban J connectivity index is 1.55. The van der Waals surface area contributed by atoms with Gasteiger partial charge in [-0.05, 0) is 50.6 Å². The number of carbonyl (C=O) groups excluding carboxylic acids is 2. The van der Waals surface area contributed by atoms with Crippen molar-refractivity contribution < 1.29 is 14.3 Å². The van der Waals surface area contributed by atoms with E-state index in [9.17, 15) is 9.59 Å². The minimum atomic E-state index is -0.415. The summed E-state index contributed by atoms with van der Waals surface area (Å²) in [5.74, 6) is 1.67. The summed E-state index contributed by atoms with van der Waals surface area (Å²) in [5.41, 5.74) is 0.754. The van der Waals surface area contributed by atoms with Crippen LogP contribution in [0.15, 0.2) is 24.3 Å². The number of benzene rings is 1. The van der Waals surface area contributed by atoms with Gasteiger partial charge in [-0.25, -0.2) is 0 Å². The highest BCUT2D eigenvalue weighted by molar-refractivity contribution is 5.89. The predicted molar refractivity (Wildman–Crippen MR) is 121 cm³/mol. The van der Waals surface area contributed by atoms with E-state index >= 15 is 0 Å². The second kappa shape index (κ2) is 8.45. The number of amides is 2. The van der Waals surface area contributed by atoms with E-state index in [0.29, 0.717) is 5.92 Å². The van der Waals surface area contributed by atoms with Crippen molar-refractivity contribution in [2.45, 2.75) is 44.4 Å². The van der Waals surface area contributed by atoms with Gasteiger partial charge >= 0.3 is 0 Å². The minimum absolute atomic E-state index is 0.0430. The second-order valence-electron chi connectivity index (χ2n) is 10.3. The predicted octanol–water partition coefficient (Wildman–Crippen LogP) is 2.77. The molecule has 2 saturated heterocycles. The van der Waals surface area contributed by atoms with Crippen LogP contribution in [0, 0.1) is 11.3 Å². The average Bonchev–Trinajstić information content (AvgIpc) is 3.12. The summed E-state index contributed by atoms with van der Waals surface area (Å²) in [4.78, 5) is 32.3. The molecule has 2 aliphatic heterocycles. The molecule has 0 radical (unpaired) electrons. The molecule has 6 heteroatoms. The molecular weight excluding hydrogens is 390 g/mol. The third-order valence-electron chi connectivity index (χ3n) is 7.90. The van der Waals surface area contributed by atoms with Crippen molar-refractivity contribution in [1.82, 2.24) is 14.7 Å². The Morgan fingerprint density at radius 2 is 1.65 bits per heavy atom. The Hall–Kier alpha value is -2.08. The number of hydrogen-bond acceptors (Lipinski definition) is 4. The lowest BCUT2D eigenvalue weighted by Crippen LogP contribution is -2.66. The number of rotatable bonds is 5. The highest BCUT2D eigenvalue weighted by Crippen LogP contribution is 2.48. The summed E-state index contributed by atoms with van der Waals surface area (Å²) in [5, 5.41) is 0. The van der Waals surface area contributed by atoms with Gasteiger partial charge in [0.05, 0.1) is 12.5 Å². The number of likely N-dealkylation sites (tertiary alicyclic amines) is 2. The quantitative estimate of drug-likeness (QED) is 0.725. The van der Waals surface area contributed by atoms with Crippen molar-refractivity contribution in [3.05, 3.63) is 29.8 Å². The first-order chi connectivity index (χ1) is 14.8. The highest BCUT2D eigenvalue weighted by atomic mass is 16.5. The first-order valence-electron chi connectivity index (χ1n) is 11.6. The van der Waals surface area contributed by atoms with Crippen LogP contribution in [-0.2, 0) is 15.0 Å². The molecule has 4 rings (SSSR count). The number of methoxy groups -OCH3 is 1. The van der Waals surface area contributed by atoms with Crippen molar-refractivity contribution in [2.24, 2.45) is 11.3 Å². The summed E-state index contributed by atoms with van der Waals surface area (Å²) in [7, 11) is 5.85. The minimum Gasteiger partial charge on any atom is -0.497 e. The van der Waals surface area contributed by atoms with E-state index in [1.165, 1.54) is 6.42 Å². The molecule has 1 saturated carbocycles. The van der Waals surface area contributed by atoms with Crippen molar-refractivity contribution >= 4 is 11.8 Å². The zero-order valence-corrected chi connectivity index (χ0v) is 19.5. The lowest BCUT2D eigenvalue weighted by atomic mass is 9.65. The summed E-state index contributed by atoms with van der Waals surface area (Å²) in [6.45, 7) is 5.74. The van der Waals surface area contributed by atoms with E-state index in [-0.39, 0.29) is 17.2 Å². The fraction of sp³-hybridized carbons (Fsp3) is 0.680. The Bertz CT molecular complexity index is 808. The largest absolute Gasteiger partial charge is 0.497 e. The van der Waals surface area contributed by atoms with Crippen LogP contribution in [0.5, 0.6) is 5.75 Å². The molecule has 170 valence electrons. The van der Waals surface area contributed by atoms with E-state index in [0.717, 1.165) is 69.7 Å². The van der Waals surface area contributed by atoms with E-state index in [4.69, 9.17) is 4.74 Å². The lowest BCUT2D eigenvalue weighted by molar-refractivity contribution is -0.153. The zero-order valence-electron chi connectivity index (χ0n) is 19.5. The fourth-order valence-corrected chi connectivity index (χ4v) is 6.18. The molecule has 0 aromatic heterocycles. The molecule has 1 atom stereocenters. The first-order valence-corrected chi connectivity index (χ1v) is 11.6. The van der Waals surface area contributed by atoms with Crippen LogP contribution >= 0.6 is 0 Å².